The minimum atomic E-state index is -3.64. The van der Waals surface area contributed by atoms with Gasteiger partial charge >= 0.3 is 0 Å². The van der Waals surface area contributed by atoms with E-state index >= 15 is 0 Å². The van der Waals surface area contributed by atoms with Gasteiger partial charge in [-0.3, -0.25) is 9.59 Å². The molecule has 1 heterocycles. The predicted octanol–water partition coefficient (Wildman–Crippen LogP) is 2.42. The normalized spacial score (nSPS) is 11.6. The average molecular weight is 449 g/mol. The molecule has 2 rings (SSSR count). The number of aromatic nitrogens is 1. The maximum absolute atomic E-state index is 13.2. The number of rotatable bonds is 9. The number of nitrogens with zero attached hydrogens (tertiary/aromatic N) is 4. The van der Waals surface area contributed by atoms with Gasteiger partial charge in [0.15, 0.2) is 0 Å². The van der Waals surface area contributed by atoms with Crippen LogP contribution >= 0.6 is 0 Å². The molecule has 0 atom stereocenters. The van der Waals surface area contributed by atoms with Crippen molar-refractivity contribution < 1.29 is 18.0 Å². The third kappa shape index (κ3) is 5.34. The van der Waals surface area contributed by atoms with E-state index in [2.05, 4.69) is 0 Å². The molecule has 0 fully saturated rings. The summed E-state index contributed by atoms with van der Waals surface area (Å²) in [6, 6.07) is 8.58. The Morgan fingerprint density at radius 3 is 2.00 bits per heavy atom. The summed E-state index contributed by atoms with van der Waals surface area (Å²) in [6.07, 6.45) is 1.48. The van der Waals surface area contributed by atoms with E-state index in [4.69, 9.17) is 0 Å². The maximum Gasteiger partial charge on any atom is 0.270 e. The molecule has 1 aromatic carbocycles. The summed E-state index contributed by atoms with van der Waals surface area (Å²) in [5.74, 6) is -0.333. The van der Waals surface area contributed by atoms with Gasteiger partial charge < -0.3 is 14.4 Å². The van der Waals surface area contributed by atoms with E-state index in [1.54, 1.807) is 56.6 Å². The molecule has 0 unspecified atom stereocenters. The summed E-state index contributed by atoms with van der Waals surface area (Å²) < 4.78 is 28.5. The Kier molecular flexibility index (Phi) is 8.02. The first-order valence-corrected chi connectivity index (χ1v) is 11.8. The molecule has 0 saturated heterocycles. The fraction of sp³-hybridized carbons (Fsp3) is 0.455. The van der Waals surface area contributed by atoms with E-state index in [0.717, 1.165) is 5.56 Å². The van der Waals surface area contributed by atoms with E-state index in [9.17, 15) is 18.0 Å². The zero-order valence-electron chi connectivity index (χ0n) is 19.1. The van der Waals surface area contributed by atoms with E-state index in [1.165, 1.54) is 21.5 Å². The summed E-state index contributed by atoms with van der Waals surface area (Å²) in [7, 11) is 1.42. The summed E-state index contributed by atoms with van der Waals surface area (Å²) in [6.45, 7) is 6.99. The van der Waals surface area contributed by atoms with Gasteiger partial charge in [0.05, 0.1) is 0 Å². The fourth-order valence-corrected chi connectivity index (χ4v) is 4.85. The van der Waals surface area contributed by atoms with Crippen LogP contribution in [0.15, 0.2) is 41.4 Å². The lowest BCUT2D eigenvalue weighted by Crippen LogP contribution is -2.31. The van der Waals surface area contributed by atoms with Gasteiger partial charge in [0.1, 0.15) is 10.6 Å². The molecule has 31 heavy (non-hydrogen) atoms. The Balaban J connectivity index is 2.25. The number of carbonyl (C=O) groups excluding carboxylic acids is 2. The van der Waals surface area contributed by atoms with Gasteiger partial charge in [-0.2, -0.15) is 4.31 Å². The quantitative estimate of drug-likeness (QED) is 0.590. The van der Waals surface area contributed by atoms with Gasteiger partial charge in [-0.15, -0.1) is 0 Å². The van der Waals surface area contributed by atoms with Crippen LogP contribution in [0.25, 0.3) is 0 Å². The molecule has 0 N–H and O–H groups in total. The lowest BCUT2D eigenvalue weighted by Gasteiger charge is -2.21. The molecule has 2 amide bonds. The average Bonchev–Trinajstić information content (AvgIpc) is 3.14. The molecule has 0 radical (unpaired) electrons. The highest BCUT2D eigenvalue weighted by atomic mass is 32.2. The van der Waals surface area contributed by atoms with Crippen molar-refractivity contribution in [1.29, 1.82) is 0 Å². The van der Waals surface area contributed by atoms with E-state index < -0.39 is 10.0 Å². The van der Waals surface area contributed by atoms with Crippen LogP contribution in [0.4, 0.5) is 0 Å². The molecule has 170 valence electrons. The largest absolute Gasteiger partial charge is 0.345 e. The number of sulfonamides is 1. The minimum Gasteiger partial charge on any atom is -0.345 e. The fourth-order valence-electron chi connectivity index (χ4n) is 3.32. The number of benzene rings is 1. The third-order valence-corrected chi connectivity index (χ3v) is 7.21. The molecule has 9 heteroatoms. The molecule has 0 bridgehead atoms. The molecule has 8 nitrogen and oxygen atoms in total. The smallest absolute Gasteiger partial charge is 0.270 e. The first-order chi connectivity index (χ1) is 14.6. The van der Waals surface area contributed by atoms with Crippen molar-refractivity contribution in [3.05, 3.63) is 53.3 Å². The number of aryl methyl sites for hydroxylation is 1. The molecule has 0 aliphatic heterocycles. The van der Waals surface area contributed by atoms with Gasteiger partial charge in [-0.25, -0.2) is 8.42 Å². The molecular weight excluding hydrogens is 416 g/mol. The van der Waals surface area contributed by atoms with Crippen LogP contribution in [0.2, 0.25) is 0 Å². The monoisotopic (exact) mass is 448 g/mol. The standard InChI is InChI=1S/C22H32N4O4S/c1-7-25(15-17-10-12-18(13-11-17)21(27)23(4)5)22(28)20-14-19(16-24(20)6)31(29,30)26(8-2)9-3/h10-14,16H,7-9,15H2,1-6H3. The first kappa shape index (κ1) is 24.6. The first-order valence-electron chi connectivity index (χ1n) is 10.3. The van der Waals surface area contributed by atoms with Crippen LogP contribution in [0.5, 0.6) is 0 Å². The Morgan fingerprint density at radius 2 is 1.52 bits per heavy atom. The van der Waals surface area contributed by atoms with Gasteiger partial charge in [0.2, 0.25) is 10.0 Å². The second kappa shape index (κ2) is 10.1. The zero-order chi connectivity index (χ0) is 23.3. The lowest BCUT2D eigenvalue weighted by molar-refractivity contribution is 0.0742. The van der Waals surface area contributed by atoms with Crippen LogP contribution in [0.3, 0.4) is 0 Å². The van der Waals surface area contributed by atoms with Gasteiger partial charge in [-0.1, -0.05) is 26.0 Å². The third-order valence-electron chi connectivity index (χ3n) is 5.19. The van der Waals surface area contributed by atoms with Crippen molar-refractivity contribution in [2.24, 2.45) is 7.05 Å². The molecule has 0 aliphatic rings. The number of amides is 2. The van der Waals surface area contributed by atoms with Crippen LogP contribution in [-0.2, 0) is 23.6 Å². The van der Waals surface area contributed by atoms with Crippen molar-refractivity contribution in [3.8, 4) is 0 Å². The maximum atomic E-state index is 13.2. The summed E-state index contributed by atoms with van der Waals surface area (Å²) >= 11 is 0. The van der Waals surface area contributed by atoms with Crippen molar-refractivity contribution in [2.75, 3.05) is 33.7 Å². The minimum absolute atomic E-state index is 0.0827. The molecule has 1 aromatic heterocycles. The SMILES string of the molecule is CCN(Cc1ccc(C(=O)N(C)C)cc1)C(=O)c1cc(S(=O)(=O)N(CC)CC)cn1C. The highest BCUT2D eigenvalue weighted by molar-refractivity contribution is 7.89. The van der Waals surface area contributed by atoms with Crippen molar-refractivity contribution in [2.45, 2.75) is 32.2 Å². The van der Waals surface area contributed by atoms with Crippen LogP contribution in [0.1, 0.15) is 47.2 Å². The summed E-state index contributed by atoms with van der Waals surface area (Å²) in [5.41, 5.74) is 1.78. The second-order valence-electron chi connectivity index (χ2n) is 7.48. The molecule has 0 aliphatic carbocycles. The van der Waals surface area contributed by atoms with Crippen LogP contribution < -0.4 is 0 Å². The summed E-state index contributed by atoms with van der Waals surface area (Å²) in [5, 5.41) is 0. The molecule has 0 saturated carbocycles. The molecular formula is C22H32N4O4S. The number of hydrogen-bond donors (Lipinski definition) is 0. The number of carbonyl (C=O) groups is 2. The molecule has 2 aromatic rings. The predicted molar refractivity (Wildman–Crippen MR) is 120 cm³/mol. The number of hydrogen-bond acceptors (Lipinski definition) is 4. The highest BCUT2D eigenvalue weighted by Gasteiger charge is 2.27. The zero-order valence-corrected chi connectivity index (χ0v) is 19.9. The highest BCUT2D eigenvalue weighted by Crippen LogP contribution is 2.20. The molecule has 0 spiro atoms. The van der Waals surface area contributed by atoms with Gasteiger partial charge in [-0.05, 0) is 30.7 Å². The van der Waals surface area contributed by atoms with E-state index in [0.29, 0.717) is 37.4 Å². The van der Waals surface area contributed by atoms with Crippen molar-refractivity contribution in [3.63, 3.8) is 0 Å². The van der Waals surface area contributed by atoms with Crippen molar-refractivity contribution >= 4 is 21.8 Å². The Labute approximate surface area is 185 Å². The van der Waals surface area contributed by atoms with Gasteiger partial charge in [0.25, 0.3) is 11.8 Å². The Hall–Kier alpha value is -2.65. The van der Waals surface area contributed by atoms with E-state index in [1.807, 2.05) is 19.1 Å². The second-order valence-corrected chi connectivity index (χ2v) is 9.42. The van der Waals surface area contributed by atoms with Crippen LogP contribution in [-0.4, -0.2) is 72.6 Å². The van der Waals surface area contributed by atoms with E-state index in [-0.39, 0.29) is 16.7 Å². The lowest BCUT2D eigenvalue weighted by atomic mass is 10.1. The Bertz CT molecular complexity index is 1020. The van der Waals surface area contributed by atoms with Crippen LogP contribution in [0, 0.1) is 0 Å². The summed E-state index contributed by atoms with van der Waals surface area (Å²) in [4.78, 5) is 28.5. The van der Waals surface area contributed by atoms with Gasteiger partial charge in [0, 0.05) is 59.1 Å². The van der Waals surface area contributed by atoms with Crippen molar-refractivity contribution in [1.82, 2.24) is 18.7 Å². The Morgan fingerprint density at radius 1 is 0.935 bits per heavy atom. The topological polar surface area (TPSA) is 82.9 Å².